The van der Waals surface area contributed by atoms with Crippen molar-refractivity contribution >= 4 is 5.91 Å². The third-order valence-corrected chi connectivity index (χ3v) is 2.04. The molecule has 0 aliphatic heterocycles. The Bertz CT molecular complexity index is 167. The van der Waals surface area contributed by atoms with Gasteiger partial charge in [0.1, 0.15) is 0 Å². The van der Waals surface area contributed by atoms with Gasteiger partial charge in [0, 0.05) is 7.05 Å². The number of nitrogens with one attached hydrogen (secondary N) is 2. The molecule has 0 fully saturated rings. The Hall–Kier alpha value is -0.570. The van der Waals surface area contributed by atoms with Crippen LogP contribution in [-0.2, 0) is 4.79 Å². The lowest BCUT2D eigenvalue weighted by Crippen LogP contribution is -2.44. The van der Waals surface area contributed by atoms with E-state index < -0.39 is 0 Å². The molecule has 3 heteroatoms. The third-order valence-electron chi connectivity index (χ3n) is 2.04. The first-order valence-electron chi connectivity index (χ1n) is 5.42. The SMILES string of the molecule is CNC(=O)C(CC(C)C)NCC(C)C. The van der Waals surface area contributed by atoms with E-state index in [4.69, 9.17) is 0 Å². The summed E-state index contributed by atoms with van der Waals surface area (Å²) in [5.41, 5.74) is 0. The fraction of sp³-hybridized carbons (Fsp3) is 0.909. The van der Waals surface area contributed by atoms with Gasteiger partial charge in [-0.05, 0) is 24.8 Å². The van der Waals surface area contributed by atoms with Crippen LogP contribution in [0.4, 0.5) is 0 Å². The number of carbonyl (C=O) groups is 1. The average Bonchev–Trinajstić information content (AvgIpc) is 2.10. The molecular weight excluding hydrogens is 176 g/mol. The van der Waals surface area contributed by atoms with Crippen molar-refractivity contribution in [2.24, 2.45) is 11.8 Å². The number of rotatable bonds is 6. The summed E-state index contributed by atoms with van der Waals surface area (Å²) in [6, 6.07) is -0.0394. The molecule has 0 aromatic heterocycles. The lowest BCUT2D eigenvalue weighted by molar-refractivity contribution is -0.123. The highest BCUT2D eigenvalue weighted by Gasteiger charge is 2.17. The van der Waals surface area contributed by atoms with Crippen LogP contribution in [0.3, 0.4) is 0 Å². The molecule has 1 atom stereocenters. The monoisotopic (exact) mass is 200 g/mol. The molecular formula is C11H24N2O. The summed E-state index contributed by atoms with van der Waals surface area (Å²) in [5, 5.41) is 5.98. The fourth-order valence-electron chi connectivity index (χ4n) is 1.31. The molecule has 1 unspecified atom stereocenters. The normalized spacial score (nSPS) is 13.4. The smallest absolute Gasteiger partial charge is 0.236 e. The molecule has 3 nitrogen and oxygen atoms in total. The van der Waals surface area contributed by atoms with E-state index in [0.717, 1.165) is 13.0 Å². The van der Waals surface area contributed by atoms with E-state index in [0.29, 0.717) is 11.8 Å². The largest absolute Gasteiger partial charge is 0.358 e. The van der Waals surface area contributed by atoms with Crippen LogP contribution >= 0.6 is 0 Å². The summed E-state index contributed by atoms with van der Waals surface area (Å²) in [4.78, 5) is 11.5. The second-order valence-corrected chi connectivity index (χ2v) is 4.60. The van der Waals surface area contributed by atoms with Gasteiger partial charge < -0.3 is 10.6 Å². The minimum Gasteiger partial charge on any atom is -0.358 e. The zero-order valence-electron chi connectivity index (χ0n) is 10.1. The predicted molar refractivity (Wildman–Crippen MR) is 60.2 cm³/mol. The Balaban J connectivity index is 4.04. The van der Waals surface area contributed by atoms with E-state index in [-0.39, 0.29) is 11.9 Å². The first kappa shape index (κ1) is 13.4. The predicted octanol–water partition coefficient (Wildman–Crippen LogP) is 1.39. The van der Waals surface area contributed by atoms with Crippen LogP contribution in [0.25, 0.3) is 0 Å². The first-order valence-corrected chi connectivity index (χ1v) is 5.42. The Morgan fingerprint density at radius 2 is 1.71 bits per heavy atom. The highest BCUT2D eigenvalue weighted by molar-refractivity contribution is 5.81. The van der Waals surface area contributed by atoms with Gasteiger partial charge >= 0.3 is 0 Å². The van der Waals surface area contributed by atoms with Crippen LogP contribution in [0.15, 0.2) is 0 Å². The number of hydrogen-bond acceptors (Lipinski definition) is 2. The van der Waals surface area contributed by atoms with Crippen LogP contribution in [-0.4, -0.2) is 25.5 Å². The number of hydrogen-bond donors (Lipinski definition) is 2. The van der Waals surface area contributed by atoms with Crippen molar-refractivity contribution in [1.29, 1.82) is 0 Å². The molecule has 2 N–H and O–H groups in total. The van der Waals surface area contributed by atoms with Crippen molar-refractivity contribution in [2.75, 3.05) is 13.6 Å². The maximum atomic E-state index is 11.5. The minimum absolute atomic E-state index is 0.0394. The van der Waals surface area contributed by atoms with Crippen LogP contribution in [0.1, 0.15) is 34.1 Å². The average molecular weight is 200 g/mol. The van der Waals surface area contributed by atoms with Gasteiger partial charge in [-0.25, -0.2) is 0 Å². The van der Waals surface area contributed by atoms with E-state index in [2.05, 4.69) is 38.3 Å². The van der Waals surface area contributed by atoms with Crippen molar-refractivity contribution in [2.45, 2.75) is 40.2 Å². The lowest BCUT2D eigenvalue weighted by atomic mass is 10.0. The van der Waals surface area contributed by atoms with E-state index in [1.807, 2.05) is 0 Å². The van der Waals surface area contributed by atoms with Crippen LogP contribution in [0.5, 0.6) is 0 Å². The fourth-order valence-corrected chi connectivity index (χ4v) is 1.31. The van der Waals surface area contributed by atoms with E-state index in [9.17, 15) is 4.79 Å². The molecule has 0 rings (SSSR count). The molecule has 0 heterocycles. The standard InChI is InChI=1S/C11H24N2O/c1-8(2)6-10(11(14)12-5)13-7-9(3)4/h8-10,13H,6-7H2,1-5H3,(H,12,14). The van der Waals surface area contributed by atoms with Crippen molar-refractivity contribution in [3.63, 3.8) is 0 Å². The van der Waals surface area contributed by atoms with Gasteiger partial charge in [-0.15, -0.1) is 0 Å². The summed E-state index contributed by atoms with van der Waals surface area (Å²) in [6.07, 6.45) is 0.895. The molecule has 84 valence electrons. The van der Waals surface area contributed by atoms with E-state index in [1.54, 1.807) is 7.05 Å². The highest BCUT2D eigenvalue weighted by Crippen LogP contribution is 2.05. The molecule has 0 bridgehead atoms. The third kappa shape index (κ3) is 5.97. The van der Waals surface area contributed by atoms with Crippen molar-refractivity contribution in [3.05, 3.63) is 0 Å². The van der Waals surface area contributed by atoms with Crippen LogP contribution in [0, 0.1) is 11.8 Å². The van der Waals surface area contributed by atoms with Gasteiger partial charge in [0.15, 0.2) is 0 Å². The molecule has 0 aliphatic carbocycles. The molecule has 0 radical (unpaired) electrons. The molecule has 0 aromatic rings. The summed E-state index contributed by atoms with van der Waals surface area (Å²) in [5.74, 6) is 1.21. The van der Waals surface area contributed by atoms with Crippen LogP contribution < -0.4 is 10.6 Å². The summed E-state index contributed by atoms with van der Waals surface area (Å²) < 4.78 is 0. The summed E-state index contributed by atoms with van der Waals surface area (Å²) >= 11 is 0. The second-order valence-electron chi connectivity index (χ2n) is 4.60. The summed E-state index contributed by atoms with van der Waals surface area (Å²) in [7, 11) is 1.69. The van der Waals surface area contributed by atoms with Crippen LogP contribution in [0.2, 0.25) is 0 Å². The van der Waals surface area contributed by atoms with Crippen molar-refractivity contribution < 1.29 is 4.79 Å². The lowest BCUT2D eigenvalue weighted by Gasteiger charge is -2.20. The van der Waals surface area contributed by atoms with Gasteiger partial charge in [0.25, 0.3) is 0 Å². The quantitative estimate of drug-likeness (QED) is 0.680. The van der Waals surface area contributed by atoms with Gasteiger partial charge in [-0.1, -0.05) is 27.7 Å². The molecule has 0 aliphatic rings. The van der Waals surface area contributed by atoms with Crippen molar-refractivity contribution in [1.82, 2.24) is 10.6 Å². The maximum Gasteiger partial charge on any atom is 0.236 e. The van der Waals surface area contributed by atoms with E-state index >= 15 is 0 Å². The zero-order valence-corrected chi connectivity index (χ0v) is 10.1. The molecule has 14 heavy (non-hydrogen) atoms. The van der Waals surface area contributed by atoms with E-state index in [1.165, 1.54) is 0 Å². The van der Waals surface area contributed by atoms with Gasteiger partial charge in [0.05, 0.1) is 6.04 Å². The molecule has 0 aromatic carbocycles. The Labute approximate surface area is 87.6 Å². The maximum absolute atomic E-state index is 11.5. The highest BCUT2D eigenvalue weighted by atomic mass is 16.2. The van der Waals surface area contributed by atoms with Gasteiger partial charge in [0.2, 0.25) is 5.91 Å². The molecule has 0 spiro atoms. The minimum atomic E-state index is -0.0394. The number of amides is 1. The molecule has 1 amide bonds. The zero-order chi connectivity index (χ0) is 11.1. The summed E-state index contributed by atoms with van der Waals surface area (Å²) in [6.45, 7) is 9.44. The van der Waals surface area contributed by atoms with Crippen molar-refractivity contribution in [3.8, 4) is 0 Å². The second kappa shape index (κ2) is 6.82. The number of carbonyl (C=O) groups excluding carboxylic acids is 1. The topological polar surface area (TPSA) is 41.1 Å². The Kier molecular flexibility index (Phi) is 6.54. The molecule has 0 saturated heterocycles. The van der Waals surface area contributed by atoms with Gasteiger partial charge in [-0.2, -0.15) is 0 Å². The first-order chi connectivity index (χ1) is 6.47. The Morgan fingerprint density at radius 1 is 1.14 bits per heavy atom. The number of likely N-dealkylation sites (N-methyl/N-ethyl adjacent to an activating group) is 1. The van der Waals surface area contributed by atoms with Gasteiger partial charge in [-0.3, -0.25) is 4.79 Å². The molecule has 0 saturated carbocycles. The Morgan fingerprint density at radius 3 is 2.07 bits per heavy atom.